The van der Waals surface area contributed by atoms with Crippen LogP contribution in [0.4, 0.5) is 9.18 Å². The van der Waals surface area contributed by atoms with Crippen LogP contribution < -0.4 is 15.4 Å². The first-order valence-electron chi connectivity index (χ1n) is 8.73. The molecule has 0 unspecified atom stereocenters. The first-order chi connectivity index (χ1) is 13.5. The molecular weight excluding hydrogens is 365 g/mol. The lowest BCUT2D eigenvalue weighted by atomic mass is 10.1. The molecule has 2 amide bonds. The molecule has 146 valence electrons. The number of halogens is 1. The van der Waals surface area contributed by atoms with Crippen molar-refractivity contribution in [3.63, 3.8) is 0 Å². The van der Waals surface area contributed by atoms with E-state index in [0.717, 1.165) is 16.5 Å². The maximum absolute atomic E-state index is 12.8. The van der Waals surface area contributed by atoms with Gasteiger partial charge < -0.3 is 25.5 Å². The number of aromatic nitrogens is 1. The molecule has 3 aromatic rings. The maximum Gasteiger partial charge on any atom is 0.326 e. The summed E-state index contributed by atoms with van der Waals surface area (Å²) in [4.78, 5) is 26.6. The summed E-state index contributed by atoms with van der Waals surface area (Å²) in [6, 6.07) is 11.4. The third-order valence-electron chi connectivity index (χ3n) is 4.17. The Morgan fingerprint density at radius 1 is 1.14 bits per heavy atom. The van der Waals surface area contributed by atoms with Gasteiger partial charge in [-0.25, -0.2) is 14.0 Å². The number of hydrogen-bond donors (Lipinski definition) is 4. The Labute approximate surface area is 160 Å². The number of H-pyrrole nitrogens is 1. The van der Waals surface area contributed by atoms with Crippen molar-refractivity contribution >= 4 is 22.9 Å². The van der Waals surface area contributed by atoms with E-state index in [1.54, 1.807) is 6.20 Å². The summed E-state index contributed by atoms with van der Waals surface area (Å²) in [5.41, 5.74) is 1.71. The van der Waals surface area contributed by atoms with Gasteiger partial charge in [-0.15, -0.1) is 0 Å². The van der Waals surface area contributed by atoms with Crippen LogP contribution >= 0.6 is 0 Å². The Balaban J connectivity index is 1.49. The number of para-hydroxylation sites is 1. The van der Waals surface area contributed by atoms with Gasteiger partial charge in [-0.1, -0.05) is 18.2 Å². The van der Waals surface area contributed by atoms with Crippen LogP contribution in [0.5, 0.6) is 5.75 Å². The van der Waals surface area contributed by atoms with Crippen molar-refractivity contribution in [1.82, 2.24) is 15.6 Å². The molecule has 1 heterocycles. The van der Waals surface area contributed by atoms with E-state index in [9.17, 15) is 19.1 Å². The SMILES string of the molecule is O=C(NCCOc1ccc(F)cc1)N[C@@H](Cc1c[nH]c2ccccc12)C(=O)O. The fourth-order valence-electron chi connectivity index (χ4n) is 2.79. The van der Waals surface area contributed by atoms with E-state index >= 15 is 0 Å². The molecule has 1 atom stereocenters. The predicted octanol–water partition coefficient (Wildman–Crippen LogP) is 2.68. The topological polar surface area (TPSA) is 103 Å². The number of carboxylic acids is 1. The summed E-state index contributed by atoms with van der Waals surface area (Å²) >= 11 is 0. The number of carboxylic acid groups (broad SMARTS) is 1. The average molecular weight is 385 g/mol. The highest BCUT2D eigenvalue weighted by molar-refractivity contribution is 5.86. The molecule has 0 spiro atoms. The molecule has 8 heteroatoms. The molecule has 4 N–H and O–H groups in total. The van der Waals surface area contributed by atoms with Gasteiger partial charge in [0.25, 0.3) is 0 Å². The number of rotatable bonds is 8. The number of ether oxygens (including phenoxy) is 1. The van der Waals surface area contributed by atoms with Gasteiger partial charge in [0.05, 0.1) is 6.54 Å². The van der Waals surface area contributed by atoms with Crippen LogP contribution in [0.3, 0.4) is 0 Å². The molecule has 0 aliphatic carbocycles. The average Bonchev–Trinajstić information content (AvgIpc) is 3.09. The van der Waals surface area contributed by atoms with E-state index in [1.165, 1.54) is 24.3 Å². The number of nitrogens with one attached hydrogen (secondary N) is 3. The number of aromatic amines is 1. The van der Waals surface area contributed by atoms with Gasteiger partial charge in [-0.3, -0.25) is 0 Å². The normalized spacial score (nSPS) is 11.8. The zero-order chi connectivity index (χ0) is 19.9. The minimum atomic E-state index is -1.12. The van der Waals surface area contributed by atoms with Crippen molar-refractivity contribution in [2.75, 3.05) is 13.2 Å². The number of carbonyl (C=O) groups is 2. The summed E-state index contributed by atoms with van der Waals surface area (Å²) in [5.74, 6) is -1.01. The Hall–Kier alpha value is -3.55. The summed E-state index contributed by atoms with van der Waals surface area (Å²) in [7, 11) is 0. The van der Waals surface area contributed by atoms with Gasteiger partial charge in [0.15, 0.2) is 0 Å². The molecule has 0 bridgehead atoms. The minimum Gasteiger partial charge on any atom is -0.492 e. The lowest BCUT2D eigenvalue weighted by Crippen LogP contribution is -2.47. The van der Waals surface area contributed by atoms with E-state index in [2.05, 4.69) is 15.6 Å². The standard InChI is InChI=1S/C20H20FN3O4/c21-14-5-7-15(8-6-14)28-10-9-22-20(27)24-18(19(25)26)11-13-12-23-17-4-2-1-3-16(13)17/h1-8,12,18,23H,9-11H2,(H,25,26)(H2,22,24,27)/t18-/m0/s1. The maximum atomic E-state index is 12.8. The molecular formula is C20H20FN3O4. The number of fused-ring (bicyclic) bond motifs is 1. The molecule has 2 aromatic carbocycles. The zero-order valence-corrected chi connectivity index (χ0v) is 14.9. The molecule has 0 saturated heterocycles. The van der Waals surface area contributed by atoms with E-state index < -0.39 is 18.0 Å². The van der Waals surface area contributed by atoms with E-state index in [1.807, 2.05) is 24.3 Å². The van der Waals surface area contributed by atoms with Gasteiger partial charge in [0.1, 0.15) is 24.2 Å². The van der Waals surface area contributed by atoms with Gasteiger partial charge in [0, 0.05) is 23.5 Å². The Morgan fingerprint density at radius 3 is 2.64 bits per heavy atom. The molecule has 7 nitrogen and oxygen atoms in total. The fourth-order valence-corrected chi connectivity index (χ4v) is 2.79. The van der Waals surface area contributed by atoms with Gasteiger partial charge >= 0.3 is 12.0 Å². The van der Waals surface area contributed by atoms with Gasteiger partial charge in [-0.2, -0.15) is 0 Å². The van der Waals surface area contributed by atoms with Crippen LogP contribution in [0.1, 0.15) is 5.56 Å². The second kappa shape index (κ2) is 8.90. The van der Waals surface area contributed by atoms with Crippen molar-refractivity contribution in [1.29, 1.82) is 0 Å². The summed E-state index contributed by atoms with van der Waals surface area (Å²) in [6.07, 6.45) is 1.90. The highest BCUT2D eigenvalue weighted by atomic mass is 19.1. The molecule has 0 aliphatic heterocycles. The molecule has 0 fully saturated rings. The predicted molar refractivity (Wildman–Crippen MR) is 102 cm³/mol. The first kappa shape index (κ1) is 19.2. The van der Waals surface area contributed by atoms with Crippen molar-refractivity contribution in [3.8, 4) is 5.75 Å². The Kier molecular flexibility index (Phi) is 6.11. The van der Waals surface area contributed by atoms with Crippen molar-refractivity contribution in [2.45, 2.75) is 12.5 Å². The van der Waals surface area contributed by atoms with Crippen LogP contribution in [0.15, 0.2) is 54.7 Å². The lowest BCUT2D eigenvalue weighted by molar-refractivity contribution is -0.139. The summed E-state index contributed by atoms with van der Waals surface area (Å²) < 4.78 is 18.2. The monoisotopic (exact) mass is 385 g/mol. The number of carbonyl (C=O) groups excluding carboxylic acids is 1. The number of amides is 2. The number of aliphatic carboxylic acids is 1. The second-order valence-electron chi connectivity index (χ2n) is 6.16. The van der Waals surface area contributed by atoms with Gasteiger partial charge in [0.2, 0.25) is 0 Å². The largest absolute Gasteiger partial charge is 0.492 e. The third-order valence-corrected chi connectivity index (χ3v) is 4.17. The van der Waals surface area contributed by atoms with Crippen LogP contribution in [0.25, 0.3) is 10.9 Å². The van der Waals surface area contributed by atoms with Crippen molar-refractivity contribution in [2.24, 2.45) is 0 Å². The summed E-state index contributed by atoms with van der Waals surface area (Å²) in [5, 5.41) is 15.4. The smallest absolute Gasteiger partial charge is 0.326 e. The van der Waals surface area contributed by atoms with Crippen LogP contribution in [0.2, 0.25) is 0 Å². The third kappa shape index (κ3) is 5.00. The molecule has 28 heavy (non-hydrogen) atoms. The molecule has 3 rings (SSSR count). The molecule has 0 aliphatic rings. The number of benzene rings is 2. The fraction of sp³-hybridized carbons (Fsp3) is 0.200. The van der Waals surface area contributed by atoms with Crippen LogP contribution in [0, 0.1) is 5.82 Å². The highest BCUT2D eigenvalue weighted by Gasteiger charge is 2.21. The number of urea groups is 1. The van der Waals surface area contributed by atoms with Crippen LogP contribution in [-0.4, -0.2) is 41.3 Å². The van der Waals surface area contributed by atoms with Crippen molar-refractivity contribution in [3.05, 3.63) is 66.1 Å². The zero-order valence-electron chi connectivity index (χ0n) is 14.9. The molecule has 0 radical (unpaired) electrons. The van der Waals surface area contributed by atoms with Crippen molar-refractivity contribution < 1.29 is 23.8 Å². The first-order valence-corrected chi connectivity index (χ1v) is 8.73. The van der Waals surface area contributed by atoms with Gasteiger partial charge in [-0.05, 0) is 35.9 Å². The van der Waals surface area contributed by atoms with E-state index in [0.29, 0.717) is 5.75 Å². The second-order valence-corrected chi connectivity index (χ2v) is 6.16. The Morgan fingerprint density at radius 2 is 1.89 bits per heavy atom. The van der Waals surface area contributed by atoms with E-state index in [-0.39, 0.29) is 25.4 Å². The Bertz CT molecular complexity index is 955. The molecule has 1 aromatic heterocycles. The van der Waals surface area contributed by atoms with Crippen LogP contribution in [-0.2, 0) is 11.2 Å². The quantitative estimate of drug-likeness (QED) is 0.448. The summed E-state index contributed by atoms with van der Waals surface area (Å²) in [6.45, 7) is 0.335. The lowest BCUT2D eigenvalue weighted by Gasteiger charge is -2.15. The highest BCUT2D eigenvalue weighted by Crippen LogP contribution is 2.19. The number of hydrogen-bond acceptors (Lipinski definition) is 3. The minimum absolute atomic E-state index is 0.152. The molecule has 0 saturated carbocycles. The van der Waals surface area contributed by atoms with E-state index in [4.69, 9.17) is 4.74 Å².